The summed E-state index contributed by atoms with van der Waals surface area (Å²) in [6.45, 7) is 3.12. The maximum atomic E-state index is 4.36. The first-order valence-corrected chi connectivity index (χ1v) is 8.26. The zero-order valence-corrected chi connectivity index (χ0v) is 12.4. The quantitative estimate of drug-likeness (QED) is 0.792. The van der Waals surface area contributed by atoms with Crippen molar-refractivity contribution in [3.8, 4) is 0 Å². The molecule has 2 aromatic heterocycles. The summed E-state index contributed by atoms with van der Waals surface area (Å²) in [5.41, 5.74) is 0. The standard InChI is InChI=1S/C11H16N6S2/c1-2-5-12-10-13-6-9(19-10)7-18-11-14-15-16-17(11)8-3-4-8/h6,8H,2-5,7H2,1H3,(H,12,13). The Balaban J connectivity index is 1.56. The molecular formula is C11H16N6S2. The topological polar surface area (TPSA) is 68.5 Å². The molecule has 2 aromatic rings. The second kappa shape index (κ2) is 5.87. The van der Waals surface area contributed by atoms with Crippen molar-refractivity contribution < 1.29 is 0 Å². The Kier molecular flexibility index (Phi) is 3.97. The molecule has 0 radical (unpaired) electrons. The monoisotopic (exact) mass is 296 g/mol. The van der Waals surface area contributed by atoms with Crippen molar-refractivity contribution in [2.45, 2.75) is 43.1 Å². The van der Waals surface area contributed by atoms with E-state index in [1.54, 1.807) is 23.1 Å². The molecule has 0 unspecified atom stereocenters. The fourth-order valence-corrected chi connectivity index (χ4v) is 3.46. The van der Waals surface area contributed by atoms with Gasteiger partial charge in [-0.1, -0.05) is 18.7 Å². The number of thiazole rings is 1. The summed E-state index contributed by atoms with van der Waals surface area (Å²) < 4.78 is 1.95. The second-order valence-corrected chi connectivity index (χ2v) is 6.54. The van der Waals surface area contributed by atoms with E-state index in [0.29, 0.717) is 6.04 Å². The van der Waals surface area contributed by atoms with Gasteiger partial charge in [-0.2, -0.15) is 0 Å². The van der Waals surface area contributed by atoms with Gasteiger partial charge in [-0.25, -0.2) is 9.67 Å². The maximum Gasteiger partial charge on any atom is 0.209 e. The first-order chi connectivity index (χ1) is 9.36. The van der Waals surface area contributed by atoms with Gasteiger partial charge < -0.3 is 5.32 Å². The van der Waals surface area contributed by atoms with Crippen molar-refractivity contribution in [2.24, 2.45) is 0 Å². The van der Waals surface area contributed by atoms with Gasteiger partial charge in [0.25, 0.3) is 0 Å². The summed E-state index contributed by atoms with van der Waals surface area (Å²) in [5, 5.41) is 17.1. The number of hydrogen-bond donors (Lipinski definition) is 1. The van der Waals surface area contributed by atoms with Crippen LogP contribution in [0.2, 0.25) is 0 Å². The molecular weight excluding hydrogens is 280 g/mol. The van der Waals surface area contributed by atoms with E-state index in [1.807, 2.05) is 10.9 Å². The van der Waals surface area contributed by atoms with Crippen LogP contribution < -0.4 is 5.32 Å². The average Bonchev–Trinajstić information content (AvgIpc) is 3.00. The van der Waals surface area contributed by atoms with E-state index in [2.05, 4.69) is 32.7 Å². The number of rotatable bonds is 7. The highest BCUT2D eigenvalue weighted by Gasteiger charge is 2.27. The van der Waals surface area contributed by atoms with Crippen LogP contribution in [0.4, 0.5) is 5.13 Å². The van der Waals surface area contributed by atoms with E-state index in [-0.39, 0.29) is 0 Å². The first-order valence-electron chi connectivity index (χ1n) is 6.46. The van der Waals surface area contributed by atoms with E-state index in [4.69, 9.17) is 0 Å². The second-order valence-electron chi connectivity index (χ2n) is 4.48. The van der Waals surface area contributed by atoms with Crippen molar-refractivity contribution in [1.29, 1.82) is 0 Å². The SMILES string of the molecule is CCCNc1ncc(CSc2nnnn2C2CC2)s1. The number of nitrogens with zero attached hydrogens (tertiary/aromatic N) is 5. The van der Waals surface area contributed by atoms with Crippen LogP contribution in [0.1, 0.15) is 37.1 Å². The van der Waals surface area contributed by atoms with E-state index >= 15 is 0 Å². The minimum absolute atomic E-state index is 0.528. The van der Waals surface area contributed by atoms with Gasteiger partial charge in [0, 0.05) is 23.4 Å². The van der Waals surface area contributed by atoms with Crippen LogP contribution >= 0.6 is 23.1 Å². The van der Waals surface area contributed by atoms with Crippen LogP contribution in [-0.2, 0) is 5.75 Å². The van der Waals surface area contributed by atoms with Crippen LogP contribution in [0.25, 0.3) is 0 Å². The number of aromatic nitrogens is 5. The van der Waals surface area contributed by atoms with Gasteiger partial charge in [0.1, 0.15) is 0 Å². The first kappa shape index (κ1) is 12.9. The minimum Gasteiger partial charge on any atom is -0.362 e. The summed E-state index contributed by atoms with van der Waals surface area (Å²) in [7, 11) is 0. The largest absolute Gasteiger partial charge is 0.362 e. The Labute approximate surface area is 120 Å². The number of anilines is 1. The molecule has 0 saturated heterocycles. The van der Waals surface area contributed by atoms with Gasteiger partial charge in [-0.3, -0.25) is 0 Å². The van der Waals surface area contributed by atoms with Gasteiger partial charge in [-0.05, 0) is 29.7 Å². The number of hydrogen-bond acceptors (Lipinski definition) is 7. The van der Waals surface area contributed by atoms with Gasteiger partial charge in [0.15, 0.2) is 5.13 Å². The van der Waals surface area contributed by atoms with E-state index in [9.17, 15) is 0 Å². The molecule has 0 spiro atoms. The summed E-state index contributed by atoms with van der Waals surface area (Å²) in [6, 6.07) is 0.528. The van der Waals surface area contributed by atoms with Gasteiger partial charge in [0.05, 0.1) is 6.04 Å². The van der Waals surface area contributed by atoms with Crippen LogP contribution in [0.3, 0.4) is 0 Å². The van der Waals surface area contributed by atoms with Crippen LogP contribution in [0.5, 0.6) is 0 Å². The van der Waals surface area contributed by atoms with E-state index in [0.717, 1.165) is 29.0 Å². The lowest BCUT2D eigenvalue weighted by Crippen LogP contribution is -1.98. The Morgan fingerprint density at radius 1 is 1.53 bits per heavy atom. The molecule has 1 N–H and O–H groups in total. The van der Waals surface area contributed by atoms with Crippen molar-refractivity contribution in [3.63, 3.8) is 0 Å². The van der Waals surface area contributed by atoms with Crippen molar-refractivity contribution in [2.75, 3.05) is 11.9 Å². The summed E-state index contributed by atoms with van der Waals surface area (Å²) in [4.78, 5) is 5.60. The highest BCUT2D eigenvalue weighted by molar-refractivity contribution is 7.98. The fraction of sp³-hybridized carbons (Fsp3) is 0.636. The Bertz CT molecular complexity index is 533. The molecule has 2 heterocycles. The molecule has 8 heteroatoms. The molecule has 0 bridgehead atoms. The molecule has 102 valence electrons. The van der Waals surface area contributed by atoms with Crippen LogP contribution in [-0.4, -0.2) is 31.7 Å². The normalized spacial score (nSPS) is 14.8. The smallest absolute Gasteiger partial charge is 0.209 e. The zero-order valence-electron chi connectivity index (χ0n) is 10.7. The molecule has 0 aliphatic heterocycles. The number of tetrazole rings is 1. The van der Waals surface area contributed by atoms with Crippen molar-refractivity contribution >= 4 is 28.2 Å². The molecule has 0 aromatic carbocycles. The molecule has 1 aliphatic carbocycles. The van der Waals surface area contributed by atoms with Crippen LogP contribution in [0, 0.1) is 0 Å². The predicted octanol–water partition coefficient (Wildman–Crippen LogP) is 2.58. The zero-order chi connectivity index (χ0) is 13.1. The lowest BCUT2D eigenvalue weighted by molar-refractivity contribution is 0.565. The Morgan fingerprint density at radius 3 is 3.21 bits per heavy atom. The number of nitrogens with one attached hydrogen (secondary N) is 1. The number of thioether (sulfide) groups is 1. The van der Waals surface area contributed by atoms with Crippen molar-refractivity contribution in [3.05, 3.63) is 11.1 Å². The third-order valence-electron chi connectivity index (χ3n) is 2.78. The van der Waals surface area contributed by atoms with Gasteiger partial charge in [0.2, 0.25) is 5.16 Å². The molecule has 1 saturated carbocycles. The van der Waals surface area contributed by atoms with Gasteiger partial charge in [-0.15, -0.1) is 16.4 Å². The maximum absolute atomic E-state index is 4.36. The third-order valence-corrected chi connectivity index (χ3v) is 4.90. The summed E-state index contributed by atoms with van der Waals surface area (Å²) in [5.74, 6) is 0.874. The van der Waals surface area contributed by atoms with Crippen LogP contribution in [0.15, 0.2) is 11.4 Å². The molecule has 0 atom stereocenters. The third kappa shape index (κ3) is 3.24. The summed E-state index contributed by atoms with van der Waals surface area (Å²) in [6.07, 6.45) is 5.44. The molecule has 1 fully saturated rings. The lowest BCUT2D eigenvalue weighted by atomic mass is 10.5. The predicted molar refractivity (Wildman–Crippen MR) is 76.5 cm³/mol. The molecule has 1 aliphatic rings. The highest BCUT2D eigenvalue weighted by Crippen LogP contribution is 2.37. The molecule has 0 amide bonds. The molecule has 6 nitrogen and oxygen atoms in total. The Morgan fingerprint density at radius 2 is 2.42 bits per heavy atom. The fourth-order valence-electron chi connectivity index (χ4n) is 1.65. The highest BCUT2D eigenvalue weighted by atomic mass is 32.2. The van der Waals surface area contributed by atoms with Gasteiger partial charge >= 0.3 is 0 Å². The molecule has 3 rings (SSSR count). The minimum atomic E-state index is 0.528. The van der Waals surface area contributed by atoms with E-state index in [1.165, 1.54) is 17.7 Å². The lowest BCUT2D eigenvalue weighted by Gasteiger charge is -2.00. The average molecular weight is 296 g/mol. The Hall–Kier alpha value is -1.15. The van der Waals surface area contributed by atoms with E-state index < -0.39 is 0 Å². The van der Waals surface area contributed by atoms with Crippen molar-refractivity contribution in [1.82, 2.24) is 25.2 Å². The summed E-state index contributed by atoms with van der Waals surface area (Å²) >= 11 is 3.39. The molecule has 19 heavy (non-hydrogen) atoms.